The second-order valence-electron chi connectivity index (χ2n) is 5.28. The Morgan fingerprint density at radius 1 is 1.22 bits per heavy atom. The van der Waals surface area contributed by atoms with Crippen LogP contribution in [0.5, 0.6) is 0 Å². The largest absolute Gasteiger partial charge is 0.358 e. The first kappa shape index (κ1) is 12.3. The van der Waals surface area contributed by atoms with Crippen molar-refractivity contribution >= 4 is 16.6 Å². The van der Waals surface area contributed by atoms with Crippen LogP contribution in [-0.2, 0) is 5.41 Å². The van der Waals surface area contributed by atoms with Gasteiger partial charge in [-0.25, -0.2) is 0 Å². The van der Waals surface area contributed by atoms with Gasteiger partial charge >= 0.3 is 0 Å². The summed E-state index contributed by atoms with van der Waals surface area (Å²) in [5.41, 5.74) is 0.996. The third-order valence-corrected chi connectivity index (χ3v) is 2.83. The molecule has 0 unspecified atom stereocenters. The highest BCUT2D eigenvalue weighted by Gasteiger charge is 2.17. The molecule has 0 radical (unpaired) electrons. The Bertz CT molecular complexity index is 681. The molecule has 0 fully saturated rings. The Kier molecular flexibility index (Phi) is 2.69. The second-order valence-corrected chi connectivity index (χ2v) is 5.28. The maximum Gasteiger partial charge on any atom is 0.270 e. The molecule has 1 aromatic heterocycles. The van der Waals surface area contributed by atoms with Gasteiger partial charge in [-0.05, 0) is 6.07 Å². The number of nitro benzene ring substituents is 1. The molecule has 1 N–H and O–H groups in total. The van der Waals surface area contributed by atoms with E-state index in [-0.39, 0.29) is 16.5 Å². The van der Waals surface area contributed by atoms with E-state index >= 15 is 0 Å². The number of nitrogens with one attached hydrogen (secondary N) is 1. The third-order valence-electron chi connectivity index (χ3n) is 2.83. The molecule has 2 rings (SSSR count). The van der Waals surface area contributed by atoms with Crippen LogP contribution in [0.2, 0.25) is 0 Å². The fraction of sp³-hybridized carbons (Fsp3) is 0.308. The maximum atomic E-state index is 12.0. The van der Waals surface area contributed by atoms with Gasteiger partial charge < -0.3 is 4.98 Å². The van der Waals surface area contributed by atoms with Gasteiger partial charge in [-0.1, -0.05) is 20.8 Å². The molecule has 0 aliphatic carbocycles. The van der Waals surface area contributed by atoms with Crippen LogP contribution < -0.4 is 5.43 Å². The summed E-state index contributed by atoms with van der Waals surface area (Å²) < 4.78 is 0. The van der Waals surface area contributed by atoms with Gasteiger partial charge in [0.2, 0.25) is 0 Å². The summed E-state index contributed by atoms with van der Waals surface area (Å²) in [6, 6.07) is 5.78. The summed E-state index contributed by atoms with van der Waals surface area (Å²) in [4.78, 5) is 25.3. The number of nitrogens with zero attached hydrogens (tertiary/aromatic N) is 1. The molecule has 94 valence electrons. The second kappa shape index (κ2) is 3.94. The molecule has 5 nitrogen and oxygen atoms in total. The minimum Gasteiger partial charge on any atom is -0.358 e. The first-order valence-electron chi connectivity index (χ1n) is 5.61. The molecular weight excluding hydrogens is 232 g/mol. The molecule has 1 heterocycles. The summed E-state index contributed by atoms with van der Waals surface area (Å²) in [5, 5.41) is 11.0. The number of nitro groups is 1. The number of pyridine rings is 1. The van der Waals surface area contributed by atoms with Crippen molar-refractivity contribution in [1.29, 1.82) is 0 Å². The van der Waals surface area contributed by atoms with E-state index in [1.165, 1.54) is 18.2 Å². The Labute approximate surface area is 104 Å². The van der Waals surface area contributed by atoms with Gasteiger partial charge in [0.05, 0.1) is 10.3 Å². The Morgan fingerprint density at radius 2 is 1.89 bits per heavy atom. The van der Waals surface area contributed by atoms with Gasteiger partial charge in [0, 0.05) is 34.8 Å². The number of hydrogen-bond acceptors (Lipinski definition) is 3. The summed E-state index contributed by atoms with van der Waals surface area (Å²) in [7, 11) is 0. The molecule has 0 bridgehead atoms. The van der Waals surface area contributed by atoms with Crippen LogP contribution in [0.1, 0.15) is 26.5 Å². The first-order valence-corrected chi connectivity index (χ1v) is 5.61. The van der Waals surface area contributed by atoms with Crippen LogP contribution in [0.4, 0.5) is 5.69 Å². The molecule has 2 aromatic rings. The molecular formula is C13H14N2O3. The van der Waals surface area contributed by atoms with Gasteiger partial charge in [0.25, 0.3) is 5.69 Å². The lowest BCUT2D eigenvalue weighted by Gasteiger charge is -2.18. The molecule has 0 aliphatic heterocycles. The molecule has 5 heteroatoms. The normalized spacial score (nSPS) is 11.7. The number of H-pyrrole nitrogens is 1. The van der Waals surface area contributed by atoms with Crippen molar-refractivity contribution in [3.63, 3.8) is 0 Å². The number of rotatable bonds is 1. The van der Waals surface area contributed by atoms with Crippen molar-refractivity contribution in [3.05, 3.63) is 50.3 Å². The predicted octanol–water partition coefficient (Wildman–Crippen LogP) is 2.73. The number of non-ortho nitro benzene ring substituents is 1. The molecule has 0 atom stereocenters. The highest BCUT2D eigenvalue weighted by Crippen LogP contribution is 2.22. The molecule has 0 saturated heterocycles. The molecule has 1 aromatic carbocycles. The molecule has 18 heavy (non-hydrogen) atoms. The van der Waals surface area contributed by atoms with Gasteiger partial charge in [-0.15, -0.1) is 0 Å². The van der Waals surface area contributed by atoms with E-state index in [4.69, 9.17) is 0 Å². The fourth-order valence-corrected chi connectivity index (χ4v) is 1.75. The standard InChI is InChI=1S/C13H14N2O3/c1-13(2,3)12-7-11(16)9-6-8(15(17)18)4-5-10(9)14-12/h4-7H,1-3H3,(H,14,16). The van der Waals surface area contributed by atoms with Crippen LogP contribution in [0.15, 0.2) is 29.1 Å². The van der Waals surface area contributed by atoms with Crippen LogP contribution in [0.3, 0.4) is 0 Å². The SMILES string of the molecule is CC(C)(C)c1cc(=O)c2cc([N+](=O)[O-])ccc2[nH]1. The van der Waals surface area contributed by atoms with Gasteiger partial charge in [0.15, 0.2) is 5.43 Å². The number of benzene rings is 1. The lowest BCUT2D eigenvalue weighted by atomic mass is 9.91. The van der Waals surface area contributed by atoms with E-state index in [1.807, 2.05) is 20.8 Å². The van der Waals surface area contributed by atoms with Crippen LogP contribution in [0, 0.1) is 10.1 Å². The van der Waals surface area contributed by atoms with Crippen molar-refractivity contribution in [1.82, 2.24) is 4.98 Å². The molecule has 0 saturated carbocycles. The number of hydrogen-bond donors (Lipinski definition) is 1. The lowest BCUT2D eigenvalue weighted by molar-refractivity contribution is -0.384. The Morgan fingerprint density at radius 3 is 2.44 bits per heavy atom. The number of aromatic amines is 1. The van der Waals surface area contributed by atoms with E-state index in [1.54, 1.807) is 6.07 Å². The van der Waals surface area contributed by atoms with Crippen molar-refractivity contribution in [2.75, 3.05) is 0 Å². The molecule has 0 aliphatic rings. The first-order chi connectivity index (χ1) is 8.29. The van der Waals surface area contributed by atoms with Crippen LogP contribution in [0.25, 0.3) is 10.9 Å². The van der Waals surface area contributed by atoms with Crippen LogP contribution in [-0.4, -0.2) is 9.91 Å². The third kappa shape index (κ3) is 2.11. The van der Waals surface area contributed by atoms with E-state index in [0.717, 1.165) is 5.69 Å². The summed E-state index contributed by atoms with van der Waals surface area (Å²) >= 11 is 0. The van der Waals surface area contributed by atoms with Crippen molar-refractivity contribution < 1.29 is 4.92 Å². The minimum absolute atomic E-state index is 0.0727. The van der Waals surface area contributed by atoms with Gasteiger partial charge in [0.1, 0.15) is 0 Å². The number of aromatic nitrogens is 1. The lowest BCUT2D eigenvalue weighted by Crippen LogP contribution is -2.17. The fourth-order valence-electron chi connectivity index (χ4n) is 1.75. The predicted molar refractivity (Wildman–Crippen MR) is 69.9 cm³/mol. The smallest absolute Gasteiger partial charge is 0.270 e. The molecule has 0 amide bonds. The summed E-state index contributed by atoms with van der Waals surface area (Å²) in [6.45, 7) is 5.99. The minimum atomic E-state index is -0.503. The summed E-state index contributed by atoms with van der Waals surface area (Å²) in [6.07, 6.45) is 0. The van der Waals surface area contributed by atoms with Gasteiger partial charge in [-0.3, -0.25) is 14.9 Å². The zero-order chi connectivity index (χ0) is 13.5. The van der Waals surface area contributed by atoms with Crippen molar-refractivity contribution in [2.45, 2.75) is 26.2 Å². The van der Waals surface area contributed by atoms with Gasteiger partial charge in [-0.2, -0.15) is 0 Å². The topological polar surface area (TPSA) is 76.0 Å². The van der Waals surface area contributed by atoms with E-state index in [0.29, 0.717) is 10.9 Å². The Balaban J connectivity index is 2.74. The number of fused-ring (bicyclic) bond motifs is 1. The average molecular weight is 246 g/mol. The zero-order valence-electron chi connectivity index (χ0n) is 10.5. The van der Waals surface area contributed by atoms with E-state index in [9.17, 15) is 14.9 Å². The molecule has 0 spiro atoms. The monoisotopic (exact) mass is 246 g/mol. The van der Waals surface area contributed by atoms with Crippen LogP contribution >= 0.6 is 0 Å². The van der Waals surface area contributed by atoms with Crippen molar-refractivity contribution in [3.8, 4) is 0 Å². The zero-order valence-corrected chi connectivity index (χ0v) is 10.5. The highest BCUT2D eigenvalue weighted by atomic mass is 16.6. The van der Waals surface area contributed by atoms with Crippen molar-refractivity contribution in [2.24, 2.45) is 0 Å². The highest BCUT2D eigenvalue weighted by molar-refractivity contribution is 5.81. The quantitative estimate of drug-likeness (QED) is 0.620. The van der Waals surface area contributed by atoms with E-state index < -0.39 is 4.92 Å². The van der Waals surface area contributed by atoms with E-state index in [2.05, 4.69) is 4.98 Å². The Hall–Kier alpha value is -2.17. The summed E-state index contributed by atoms with van der Waals surface area (Å²) in [5.74, 6) is 0. The average Bonchev–Trinajstić information content (AvgIpc) is 2.27. The maximum absolute atomic E-state index is 12.0.